The van der Waals surface area contributed by atoms with Gasteiger partial charge in [-0.1, -0.05) is 30.3 Å². The van der Waals surface area contributed by atoms with Gasteiger partial charge in [0.05, 0.1) is 6.54 Å². The standard InChI is InChI=1S/C19H18FN3O2/c1-13-21-11-18(23-13)19(24)22-10-14-6-8-16(9-7-14)25-12-15-4-2-3-5-17(15)20/h2-9H,10-12H2,1H3,(H,22,24). The van der Waals surface area contributed by atoms with Gasteiger partial charge < -0.3 is 10.1 Å². The molecule has 0 unspecified atom stereocenters. The third-order valence-electron chi connectivity index (χ3n) is 3.75. The van der Waals surface area contributed by atoms with Crippen molar-refractivity contribution < 1.29 is 13.9 Å². The smallest absolute Gasteiger partial charge is 0.267 e. The van der Waals surface area contributed by atoms with Gasteiger partial charge in [0.1, 0.15) is 29.7 Å². The second-order valence-electron chi connectivity index (χ2n) is 5.63. The second-order valence-corrected chi connectivity index (χ2v) is 5.63. The molecule has 0 saturated heterocycles. The third kappa shape index (κ3) is 4.50. The van der Waals surface area contributed by atoms with Gasteiger partial charge in [0, 0.05) is 12.1 Å². The highest BCUT2D eigenvalue weighted by Crippen LogP contribution is 2.15. The maximum Gasteiger partial charge on any atom is 0.267 e. The van der Waals surface area contributed by atoms with E-state index in [4.69, 9.17) is 4.74 Å². The van der Waals surface area contributed by atoms with Gasteiger partial charge in [0.2, 0.25) is 0 Å². The molecule has 1 N–H and O–H groups in total. The van der Waals surface area contributed by atoms with Crippen molar-refractivity contribution in [2.45, 2.75) is 20.1 Å². The SMILES string of the molecule is CC1=NCC(C(=O)NCc2ccc(OCc3ccccc3F)cc2)=N1. The van der Waals surface area contributed by atoms with Gasteiger partial charge in [-0.05, 0) is 30.7 Å². The van der Waals surface area contributed by atoms with E-state index in [-0.39, 0.29) is 18.3 Å². The summed E-state index contributed by atoms with van der Waals surface area (Å²) < 4.78 is 19.1. The Morgan fingerprint density at radius 3 is 2.64 bits per heavy atom. The minimum absolute atomic E-state index is 0.169. The first-order valence-electron chi connectivity index (χ1n) is 7.94. The van der Waals surface area contributed by atoms with Crippen molar-refractivity contribution in [2.24, 2.45) is 9.98 Å². The summed E-state index contributed by atoms with van der Waals surface area (Å²) in [4.78, 5) is 20.1. The Bertz CT molecular complexity index is 829. The lowest BCUT2D eigenvalue weighted by Gasteiger charge is -2.09. The Morgan fingerprint density at radius 2 is 1.96 bits per heavy atom. The highest BCUT2D eigenvalue weighted by molar-refractivity contribution is 6.42. The van der Waals surface area contributed by atoms with Crippen LogP contribution in [0.4, 0.5) is 4.39 Å². The fourth-order valence-electron chi connectivity index (χ4n) is 2.34. The van der Waals surface area contributed by atoms with Gasteiger partial charge in [-0.25, -0.2) is 9.38 Å². The molecule has 0 fully saturated rings. The van der Waals surface area contributed by atoms with Crippen molar-refractivity contribution in [3.63, 3.8) is 0 Å². The lowest BCUT2D eigenvalue weighted by Crippen LogP contribution is -2.31. The summed E-state index contributed by atoms with van der Waals surface area (Å²) in [6.45, 7) is 2.66. The van der Waals surface area contributed by atoms with Gasteiger partial charge in [-0.15, -0.1) is 0 Å². The van der Waals surface area contributed by atoms with E-state index >= 15 is 0 Å². The number of amidine groups is 1. The van der Waals surface area contributed by atoms with E-state index in [1.54, 1.807) is 37.3 Å². The molecule has 0 aromatic heterocycles. The van der Waals surface area contributed by atoms with Crippen molar-refractivity contribution in [1.82, 2.24) is 5.32 Å². The average Bonchev–Trinajstić information content (AvgIpc) is 3.06. The second kappa shape index (κ2) is 7.70. The number of nitrogens with one attached hydrogen (secondary N) is 1. The highest BCUT2D eigenvalue weighted by Gasteiger charge is 2.15. The van der Waals surface area contributed by atoms with E-state index in [1.165, 1.54) is 6.07 Å². The van der Waals surface area contributed by atoms with Crippen LogP contribution in [0.15, 0.2) is 58.5 Å². The van der Waals surface area contributed by atoms with E-state index in [0.717, 1.165) is 5.56 Å². The normalized spacial score (nSPS) is 13.2. The number of benzene rings is 2. The predicted molar refractivity (Wildman–Crippen MR) is 94.4 cm³/mol. The molecular weight excluding hydrogens is 321 g/mol. The van der Waals surface area contributed by atoms with Crippen LogP contribution in [0, 0.1) is 5.82 Å². The lowest BCUT2D eigenvalue weighted by atomic mass is 10.2. The Kier molecular flexibility index (Phi) is 5.18. The molecule has 0 bridgehead atoms. The van der Waals surface area contributed by atoms with Crippen molar-refractivity contribution in [3.8, 4) is 5.75 Å². The number of amides is 1. The molecule has 0 aliphatic carbocycles. The molecule has 1 aliphatic heterocycles. The minimum atomic E-state index is -0.282. The zero-order chi connectivity index (χ0) is 17.6. The van der Waals surface area contributed by atoms with Crippen molar-refractivity contribution in [3.05, 3.63) is 65.5 Å². The zero-order valence-electron chi connectivity index (χ0n) is 13.8. The maximum atomic E-state index is 13.5. The molecule has 25 heavy (non-hydrogen) atoms. The number of nitrogens with zero attached hydrogens (tertiary/aromatic N) is 2. The van der Waals surface area contributed by atoms with E-state index in [0.29, 0.717) is 35.9 Å². The quantitative estimate of drug-likeness (QED) is 0.879. The number of carbonyl (C=O) groups is 1. The molecule has 6 heteroatoms. The molecule has 0 atom stereocenters. The maximum absolute atomic E-state index is 13.5. The molecule has 5 nitrogen and oxygen atoms in total. The molecule has 3 rings (SSSR count). The van der Waals surface area contributed by atoms with E-state index in [9.17, 15) is 9.18 Å². The number of halogens is 1. The van der Waals surface area contributed by atoms with Crippen LogP contribution < -0.4 is 10.1 Å². The predicted octanol–water partition coefficient (Wildman–Crippen LogP) is 2.89. The fraction of sp³-hybridized carbons (Fsp3) is 0.211. The number of hydrogen-bond acceptors (Lipinski definition) is 4. The van der Waals surface area contributed by atoms with Gasteiger partial charge in [0.25, 0.3) is 5.91 Å². The monoisotopic (exact) mass is 339 g/mol. The summed E-state index contributed by atoms with van der Waals surface area (Å²) in [6.07, 6.45) is 0. The summed E-state index contributed by atoms with van der Waals surface area (Å²) in [7, 11) is 0. The molecule has 0 radical (unpaired) electrons. The number of rotatable bonds is 6. The highest BCUT2D eigenvalue weighted by atomic mass is 19.1. The van der Waals surface area contributed by atoms with Gasteiger partial charge in [0.15, 0.2) is 0 Å². The van der Waals surface area contributed by atoms with Gasteiger partial charge in [-0.3, -0.25) is 9.79 Å². The van der Waals surface area contributed by atoms with Crippen LogP contribution >= 0.6 is 0 Å². The van der Waals surface area contributed by atoms with Crippen molar-refractivity contribution in [1.29, 1.82) is 0 Å². The first-order valence-corrected chi connectivity index (χ1v) is 7.94. The van der Waals surface area contributed by atoms with Gasteiger partial charge >= 0.3 is 0 Å². The minimum Gasteiger partial charge on any atom is -0.489 e. The molecular formula is C19H18FN3O2. The van der Waals surface area contributed by atoms with E-state index in [1.807, 2.05) is 12.1 Å². The summed E-state index contributed by atoms with van der Waals surface area (Å²) in [6, 6.07) is 13.8. The summed E-state index contributed by atoms with van der Waals surface area (Å²) in [5.74, 6) is 0.778. The number of ether oxygens (including phenoxy) is 1. The molecule has 0 saturated carbocycles. The fourth-order valence-corrected chi connectivity index (χ4v) is 2.34. The molecule has 2 aromatic rings. The molecule has 0 spiro atoms. The average molecular weight is 339 g/mol. The summed E-state index contributed by atoms with van der Waals surface area (Å²) >= 11 is 0. The Morgan fingerprint density at radius 1 is 1.20 bits per heavy atom. The largest absolute Gasteiger partial charge is 0.489 e. The first-order chi connectivity index (χ1) is 12.1. The Hall–Kier alpha value is -3.02. The number of carbonyl (C=O) groups excluding carboxylic acids is 1. The van der Waals surface area contributed by atoms with Crippen LogP contribution in [0.5, 0.6) is 5.75 Å². The van der Waals surface area contributed by atoms with Crippen LogP contribution in [0.1, 0.15) is 18.1 Å². The molecule has 2 aromatic carbocycles. The lowest BCUT2D eigenvalue weighted by molar-refractivity contribution is -0.115. The topological polar surface area (TPSA) is 63.0 Å². The Labute approximate surface area is 145 Å². The molecule has 1 heterocycles. The summed E-state index contributed by atoms with van der Waals surface area (Å²) in [5.41, 5.74) is 1.87. The molecule has 1 amide bonds. The molecule has 128 valence electrons. The van der Waals surface area contributed by atoms with Crippen LogP contribution in [0.25, 0.3) is 0 Å². The van der Waals surface area contributed by atoms with Crippen LogP contribution in [-0.2, 0) is 17.9 Å². The van der Waals surface area contributed by atoms with Crippen LogP contribution in [0.2, 0.25) is 0 Å². The van der Waals surface area contributed by atoms with Crippen molar-refractivity contribution in [2.75, 3.05) is 6.54 Å². The van der Waals surface area contributed by atoms with Crippen LogP contribution in [0.3, 0.4) is 0 Å². The zero-order valence-corrected chi connectivity index (χ0v) is 13.8. The molecule has 1 aliphatic rings. The Balaban J connectivity index is 1.50. The van der Waals surface area contributed by atoms with E-state index in [2.05, 4.69) is 15.3 Å². The number of hydrogen-bond donors (Lipinski definition) is 1. The van der Waals surface area contributed by atoms with Crippen molar-refractivity contribution >= 4 is 17.5 Å². The van der Waals surface area contributed by atoms with Crippen LogP contribution in [-0.4, -0.2) is 24.0 Å². The number of aliphatic imine (C=N–C) groups is 2. The van der Waals surface area contributed by atoms with Gasteiger partial charge in [-0.2, -0.15) is 0 Å². The third-order valence-corrected chi connectivity index (χ3v) is 3.75. The van der Waals surface area contributed by atoms with E-state index < -0.39 is 0 Å². The first kappa shape index (κ1) is 16.8. The summed E-state index contributed by atoms with van der Waals surface area (Å²) in [5, 5.41) is 2.81.